The Morgan fingerprint density at radius 1 is 0.526 bits per heavy atom. The predicted octanol–water partition coefficient (Wildman–Crippen LogP) is -0.530. The third-order valence-electron chi connectivity index (χ3n) is 1.80. The SMILES string of the molecule is CN1O[N+](C)(C)O[N+](C)(C)O[N+](C)(C)O[N+](C)(C)O1. The summed E-state index contributed by atoms with van der Waals surface area (Å²) in [6, 6.07) is 0. The Labute approximate surface area is 113 Å². The average molecular weight is 285 g/mol. The van der Waals surface area contributed by atoms with Gasteiger partial charge in [0.15, 0.2) is 0 Å². The molecule has 0 bridgehead atoms. The van der Waals surface area contributed by atoms with E-state index in [4.69, 9.17) is 24.7 Å². The van der Waals surface area contributed by atoms with Crippen molar-refractivity contribution < 1.29 is 43.9 Å². The van der Waals surface area contributed by atoms with Crippen molar-refractivity contribution >= 4 is 0 Å². The minimum absolute atomic E-state index is 0.242. The van der Waals surface area contributed by atoms with Crippen LogP contribution in [0.5, 0.6) is 0 Å². The molecule has 0 radical (unpaired) electrons. The topological polar surface area (TPSA) is 49.4 Å². The molecule has 0 saturated carbocycles. The van der Waals surface area contributed by atoms with Gasteiger partial charge >= 0.3 is 0 Å². The normalized spacial score (nSPS) is 30.8. The van der Waals surface area contributed by atoms with Gasteiger partial charge in [-0.1, -0.05) is 0 Å². The molecule has 0 aromatic rings. The average Bonchev–Trinajstić information content (AvgIpc) is 1.87. The Morgan fingerprint density at radius 3 is 1.11 bits per heavy atom. The maximum Gasteiger partial charge on any atom is 0.144 e. The maximum atomic E-state index is 5.73. The Kier molecular flexibility index (Phi) is 4.26. The monoisotopic (exact) mass is 285 g/mol. The van der Waals surface area contributed by atoms with Crippen LogP contribution in [0.1, 0.15) is 0 Å². The highest BCUT2D eigenvalue weighted by atomic mass is 17.3. The van der Waals surface area contributed by atoms with Crippen molar-refractivity contribution in [2.24, 2.45) is 0 Å². The first-order chi connectivity index (χ1) is 8.22. The van der Waals surface area contributed by atoms with Gasteiger partial charge in [-0.3, -0.25) is 0 Å². The Balaban J connectivity index is 3.03. The van der Waals surface area contributed by atoms with Crippen LogP contribution in [-0.4, -0.2) is 87.9 Å². The van der Waals surface area contributed by atoms with E-state index in [0.29, 0.717) is 0 Å². The van der Waals surface area contributed by atoms with Gasteiger partial charge in [0, 0.05) is 14.8 Å². The van der Waals surface area contributed by atoms with E-state index in [2.05, 4.69) is 0 Å². The highest BCUT2D eigenvalue weighted by Gasteiger charge is 2.50. The fourth-order valence-electron chi connectivity index (χ4n) is 2.05. The van der Waals surface area contributed by atoms with Crippen molar-refractivity contribution in [3.63, 3.8) is 0 Å². The van der Waals surface area contributed by atoms with E-state index in [9.17, 15) is 0 Å². The highest BCUT2D eigenvalue weighted by molar-refractivity contribution is 3.84. The molecule has 0 aliphatic carbocycles. The zero-order valence-corrected chi connectivity index (χ0v) is 13.3. The van der Waals surface area contributed by atoms with Crippen molar-refractivity contribution in [1.82, 2.24) is 5.23 Å². The second-order valence-corrected chi connectivity index (χ2v) is 5.86. The van der Waals surface area contributed by atoms with E-state index in [-0.39, 0.29) is 19.2 Å². The van der Waals surface area contributed by atoms with Crippen molar-refractivity contribution in [2.45, 2.75) is 0 Å². The molecule has 1 fully saturated rings. The fourth-order valence-corrected chi connectivity index (χ4v) is 2.05. The first-order valence-electron chi connectivity index (χ1n) is 5.85. The summed E-state index contributed by atoms with van der Waals surface area (Å²) in [5.74, 6) is 0. The van der Waals surface area contributed by atoms with Crippen LogP contribution in [0.2, 0.25) is 0 Å². The van der Waals surface area contributed by atoms with Crippen LogP contribution in [0.3, 0.4) is 0 Å². The van der Waals surface area contributed by atoms with Crippen LogP contribution in [0.25, 0.3) is 0 Å². The molecule has 1 heterocycles. The second-order valence-electron chi connectivity index (χ2n) is 5.86. The van der Waals surface area contributed by atoms with Gasteiger partial charge in [0.05, 0.1) is 31.5 Å². The lowest BCUT2D eigenvalue weighted by atomic mass is 11.1. The van der Waals surface area contributed by atoms with E-state index in [0.717, 1.165) is 0 Å². The summed E-state index contributed by atoms with van der Waals surface area (Å²) in [6.45, 7) is 0. The molecule has 0 aromatic heterocycles. The van der Waals surface area contributed by atoms with Crippen LogP contribution in [0, 0.1) is 0 Å². The molecule has 10 nitrogen and oxygen atoms in total. The number of nitrogens with zero attached hydrogens (tertiary/aromatic N) is 5. The van der Waals surface area contributed by atoms with Gasteiger partial charge in [0.2, 0.25) is 0 Å². The number of rotatable bonds is 0. The molecule has 19 heavy (non-hydrogen) atoms. The molecule has 0 atom stereocenters. The third-order valence-corrected chi connectivity index (χ3v) is 1.80. The number of hydrogen-bond donors (Lipinski definition) is 0. The molecular formula is C9H27N5O5+4. The zero-order valence-electron chi connectivity index (χ0n) is 13.3. The largest absolute Gasteiger partial charge is 0.144 e. The van der Waals surface area contributed by atoms with Crippen LogP contribution < -0.4 is 0 Å². The van der Waals surface area contributed by atoms with Crippen LogP contribution in [-0.2, 0) is 24.7 Å². The Hall–Kier alpha value is -0.400. The Morgan fingerprint density at radius 2 is 0.789 bits per heavy atom. The molecule has 0 spiro atoms. The molecule has 1 rings (SSSR count). The summed E-state index contributed by atoms with van der Waals surface area (Å²) in [5, 5.41) is 1.17. The van der Waals surface area contributed by atoms with Gasteiger partial charge in [-0.05, 0) is 9.88 Å². The van der Waals surface area contributed by atoms with Gasteiger partial charge in [-0.15, -0.1) is 0 Å². The van der Waals surface area contributed by atoms with Crippen molar-refractivity contribution in [3.05, 3.63) is 0 Å². The number of hydroxylamine groups is 18. The molecule has 114 valence electrons. The van der Waals surface area contributed by atoms with E-state index < -0.39 is 0 Å². The molecule has 1 saturated heterocycles. The summed E-state index contributed by atoms with van der Waals surface area (Å²) in [5.41, 5.74) is 0. The van der Waals surface area contributed by atoms with Crippen molar-refractivity contribution in [2.75, 3.05) is 63.4 Å². The van der Waals surface area contributed by atoms with E-state index in [1.807, 2.05) is 0 Å². The smallest absolute Gasteiger partial charge is 0.0350 e. The third kappa shape index (κ3) is 5.62. The lowest BCUT2D eigenvalue weighted by Gasteiger charge is -2.36. The van der Waals surface area contributed by atoms with Crippen LogP contribution in [0.4, 0.5) is 0 Å². The summed E-state index contributed by atoms with van der Waals surface area (Å²) < 4.78 is 0. The van der Waals surface area contributed by atoms with Crippen LogP contribution in [0.15, 0.2) is 0 Å². The molecule has 0 N–H and O–H groups in total. The first kappa shape index (κ1) is 16.7. The summed E-state index contributed by atoms with van der Waals surface area (Å²) in [7, 11) is 15.3. The standard InChI is InChI=1S/C9H27N5O5/c1-10-15-11(2,3)17-13(6,7)19-14(8,9)18-12(4,5)16-10/h1-9H3/q+4. The van der Waals surface area contributed by atoms with Crippen molar-refractivity contribution in [3.8, 4) is 0 Å². The maximum absolute atomic E-state index is 5.73. The quantitative estimate of drug-likeness (QED) is 0.558. The van der Waals surface area contributed by atoms with Crippen molar-refractivity contribution in [1.29, 1.82) is 0 Å². The van der Waals surface area contributed by atoms with Gasteiger partial charge in [-0.2, -0.15) is 0 Å². The molecule has 0 aromatic carbocycles. The molecular weight excluding hydrogens is 258 g/mol. The lowest BCUT2D eigenvalue weighted by Crippen LogP contribution is -2.65. The molecule has 0 amide bonds. The molecule has 1 aliphatic rings. The minimum atomic E-state index is -0.260. The van der Waals surface area contributed by atoms with Gasteiger partial charge in [0.1, 0.15) is 56.4 Å². The van der Waals surface area contributed by atoms with Gasteiger partial charge < -0.3 is 0 Å². The zero-order chi connectivity index (χ0) is 15.1. The van der Waals surface area contributed by atoms with Gasteiger partial charge in [0.25, 0.3) is 0 Å². The van der Waals surface area contributed by atoms with Crippen LogP contribution >= 0.6 is 0 Å². The number of quaternary nitrogens is 4. The minimum Gasteiger partial charge on any atom is -0.0350 e. The fraction of sp³-hybridized carbons (Fsp3) is 1.00. The van der Waals surface area contributed by atoms with E-state index in [1.54, 1.807) is 63.4 Å². The summed E-state index contributed by atoms with van der Waals surface area (Å²) in [4.78, 5) is 27.1. The number of hydrogen-bond acceptors (Lipinski definition) is 6. The highest BCUT2D eigenvalue weighted by Crippen LogP contribution is 2.21. The summed E-state index contributed by atoms with van der Waals surface area (Å²) >= 11 is 0. The first-order valence-corrected chi connectivity index (χ1v) is 5.85. The summed E-state index contributed by atoms with van der Waals surface area (Å²) in [6.07, 6.45) is 0. The Bertz CT molecular complexity index is 303. The van der Waals surface area contributed by atoms with E-state index >= 15 is 0 Å². The van der Waals surface area contributed by atoms with E-state index in [1.165, 1.54) is 5.23 Å². The molecule has 0 unspecified atom stereocenters. The lowest BCUT2D eigenvalue weighted by molar-refractivity contribution is -1.59. The molecule has 1 aliphatic heterocycles. The second kappa shape index (κ2) is 4.86. The predicted molar refractivity (Wildman–Crippen MR) is 61.6 cm³/mol. The molecule has 10 heteroatoms. The van der Waals surface area contributed by atoms with Gasteiger partial charge in [-0.25, -0.2) is 0 Å².